The van der Waals surface area contributed by atoms with Crippen molar-refractivity contribution in [2.75, 3.05) is 0 Å². The van der Waals surface area contributed by atoms with Gasteiger partial charge in [-0.25, -0.2) is 4.79 Å². The molecule has 0 saturated carbocycles. The van der Waals surface area contributed by atoms with Crippen molar-refractivity contribution in [3.05, 3.63) is 60.2 Å². The van der Waals surface area contributed by atoms with Gasteiger partial charge in [0.15, 0.2) is 0 Å². The largest absolute Gasteiger partial charge is 0.474 e. The first-order chi connectivity index (χ1) is 9.16. The smallest absolute Gasteiger partial charge is 0.394 e. The Morgan fingerprint density at radius 2 is 1.47 bits per heavy atom. The third-order valence-corrected chi connectivity index (χ3v) is 2.71. The number of benzene rings is 2. The molecular weight excluding hydrogens is 242 g/mol. The molecule has 0 radical (unpaired) electrons. The third-order valence-electron chi connectivity index (χ3n) is 2.71. The maximum atomic E-state index is 10.9. The van der Waals surface area contributed by atoms with Crippen molar-refractivity contribution in [2.45, 2.75) is 6.54 Å². The Morgan fingerprint density at radius 3 is 2.05 bits per heavy atom. The summed E-state index contributed by atoms with van der Waals surface area (Å²) in [7, 11) is 0. The highest BCUT2D eigenvalue weighted by atomic mass is 16.4. The first-order valence-corrected chi connectivity index (χ1v) is 5.82. The van der Waals surface area contributed by atoms with Crippen LogP contribution in [0.3, 0.4) is 0 Å². The molecule has 0 aliphatic carbocycles. The Balaban J connectivity index is 2.03. The van der Waals surface area contributed by atoms with Crippen LogP contribution in [0.1, 0.15) is 5.56 Å². The molecule has 0 atom stereocenters. The number of carboxylic acid groups (broad SMARTS) is 1. The lowest BCUT2D eigenvalue weighted by atomic mass is 10.0. The predicted octanol–water partition coefficient (Wildman–Crippen LogP) is 2.05. The van der Waals surface area contributed by atoms with Crippen LogP contribution in [0.2, 0.25) is 0 Å². The first kappa shape index (κ1) is 12.8. The zero-order chi connectivity index (χ0) is 13.7. The van der Waals surface area contributed by atoms with E-state index in [1.807, 2.05) is 54.6 Å². The molecule has 4 nitrogen and oxygen atoms in total. The highest BCUT2D eigenvalue weighted by molar-refractivity contribution is 6.31. The lowest BCUT2D eigenvalue weighted by Crippen LogP contribution is -2.29. The summed E-state index contributed by atoms with van der Waals surface area (Å²) < 4.78 is 0. The molecule has 0 fully saturated rings. The van der Waals surface area contributed by atoms with Crippen LogP contribution in [-0.2, 0) is 16.1 Å². The minimum absolute atomic E-state index is 0.209. The molecule has 0 unspecified atom stereocenters. The summed E-state index contributed by atoms with van der Waals surface area (Å²) in [6.45, 7) is 0.209. The van der Waals surface area contributed by atoms with E-state index < -0.39 is 11.9 Å². The normalized spacial score (nSPS) is 9.89. The highest BCUT2D eigenvalue weighted by Crippen LogP contribution is 2.19. The molecule has 0 aliphatic rings. The van der Waals surface area contributed by atoms with Crippen molar-refractivity contribution < 1.29 is 14.7 Å². The van der Waals surface area contributed by atoms with Crippen molar-refractivity contribution >= 4 is 11.9 Å². The van der Waals surface area contributed by atoms with E-state index in [1.165, 1.54) is 0 Å². The summed E-state index contributed by atoms with van der Waals surface area (Å²) in [6.07, 6.45) is 0. The lowest BCUT2D eigenvalue weighted by molar-refractivity contribution is -0.150. The van der Waals surface area contributed by atoms with Crippen molar-refractivity contribution in [2.24, 2.45) is 0 Å². The Labute approximate surface area is 110 Å². The zero-order valence-electron chi connectivity index (χ0n) is 10.2. The van der Waals surface area contributed by atoms with Gasteiger partial charge in [0.1, 0.15) is 0 Å². The van der Waals surface area contributed by atoms with Gasteiger partial charge in [-0.2, -0.15) is 0 Å². The summed E-state index contributed by atoms with van der Waals surface area (Å²) in [5.74, 6) is -2.46. The molecule has 2 aromatic carbocycles. The van der Waals surface area contributed by atoms with E-state index in [2.05, 4.69) is 5.32 Å². The number of hydrogen-bond acceptors (Lipinski definition) is 2. The van der Waals surface area contributed by atoms with Gasteiger partial charge in [-0.05, 0) is 16.7 Å². The van der Waals surface area contributed by atoms with E-state index in [9.17, 15) is 9.59 Å². The summed E-state index contributed by atoms with van der Waals surface area (Å²) in [5, 5.41) is 10.8. The van der Waals surface area contributed by atoms with Gasteiger partial charge in [-0.3, -0.25) is 4.79 Å². The standard InChI is InChI=1S/C15H13NO3/c17-14(15(18)19)16-10-11-6-8-13(9-7-11)12-4-2-1-3-5-12/h1-9H,10H2,(H,16,17)(H,18,19). The van der Waals surface area contributed by atoms with Crippen LogP contribution in [-0.4, -0.2) is 17.0 Å². The Morgan fingerprint density at radius 1 is 0.895 bits per heavy atom. The van der Waals surface area contributed by atoms with E-state index >= 15 is 0 Å². The van der Waals surface area contributed by atoms with E-state index in [4.69, 9.17) is 5.11 Å². The predicted molar refractivity (Wildman–Crippen MR) is 71.4 cm³/mol. The van der Waals surface area contributed by atoms with Gasteiger partial charge < -0.3 is 10.4 Å². The molecule has 1 amide bonds. The SMILES string of the molecule is O=C(O)C(=O)NCc1ccc(-c2ccccc2)cc1. The third kappa shape index (κ3) is 3.42. The van der Waals surface area contributed by atoms with Crippen molar-refractivity contribution in [3.63, 3.8) is 0 Å². The van der Waals surface area contributed by atoms with E-state index in [0.717, 1.165) is 16.7 Å². The minimum Gasteiger partial charge on any atom is -0.474 e. The van der Waals surface area contributed by atoms with E-state index in [0.29, 0.717) is 0 Å². The van der Waals surface area contributed by atoms with Crippen LogP contribution >= 0.6 is 0 Å². The molecule has 0 aliphatic heterocycles. The summed E-state index contributed by atoms with van der Waals surface area (Å²) in [4.78, 5) is 21.2. The van der Waals surface area contributed by atoms with Crippen LogP contribution in [0, 0.1) is 0 Å². The average molecular weight is 255 g/mol. The van der Waals surface area contributed by atoms with Gasteiger partial charge in [0, 0.05) is 6.54 Å². The fraction of sp³-hybridized carbons (Fsp3) is 0.0667. The second-order valence-electron chi connectivity index (χ2n) is 4.05. The first-order valence-electron chi connectivity index (χ1n) is 5.82. The lowest BCUT2D eigenvalue weighted by Gasteiger charge is -2.05. The molecular formula is C15H13NO3. The van der Waals surface area contributed by atoms with Crippen LogP contribution < -0.4 is 5.32 Å². The van der Waals surface area contributed by atoms with Gasteiger partial charge in [0.2, 0.25) is 0 Å². The Bertz CT molecular complexity index is 576. The molecule has 2 aromatic rings. The monoisotopic (exact) mass is 255 g/mol. The number of rotatable bonds is 3. The zero-order valence-corrected chi connectivity index (χ0v) is 10.2. The molecule has 2 rings (SSSR count). The number of carbonyl (C=O) groups excluding carboxylic acids is 1. The van der Waals surface area contributed by atoms with Crippen LogP contribution in [0.15, 0.2) is 54.6 Å². The van der Waals surface area contributed by atoms with E-state index in [1.54, 1.807) is 0 Å². The topological polar surface area (TPSA) is 66.4 Å². The molecule has 19 heavy (non-hydrogen) atoms. The number of amides is 1. The maximum Gasteiger partial charge on any atom is 0.394 e. The second kappa shape index (κ2) is 5.82. The summed E-state index contributed by atoms with van der Waals surface area (Å²) in [6, 6.07) is 17.5. The summed E-state index contributed by atoms with van der Waals surface area (Å²) in [5.41, 5.74) is 3.05. The summed E-state index contributed by atoms with van der Waals surface area (Å²) >= 11 is 0. The maximum absolute atomic E-state index is 10.9. The number of nitrogens with one attached hydrogen (secondary N) is 1. The molecule has 4 heteroatoms. The fourth-order valence-electron chi connectivity index (χ4n) is 1.70. The van der Waals surface area contributed by atoms with Gasteiger partial charge in [-0.1, -0.05) is 54.6 Å². The van der Waals surface area contributed by atoms with Gasteiger partial charge in [-0.15, -0.1) is 0 Å². The second-order valence-corrected chi connectivity index (χ2v) is 4.05. The highest BCUT2D eigenvalue weighted by Gasteiger charge is 2.09. The number of carbonyl (C=O) groups is 2. The Hall–Kier alpha value is -2.62. The van der Waals surface area contributed by atoms with Gasteiger partial charge in [0.25, 0.3) is 0 Å². The van der Waals surface area contributed by atoms with Gasteiger partial charge >= 0.3 is 11.9 Å². The number of hydrogen-bond donors (Lipinski definition) is 2. The molecule has 0 heterocycles. The number of carboxylic acids is 1. The van der Waals surface area contributed by atoms with E-state index in [-0.39, 0.29) is 6.54 Å². The fourth-order valence-corrected chi connectivity index (χ4v) is 1.70. The molecule has 0 aromatic heterocycles. The quantitative estimate of drug-likeness (QED) is 0.825. The molecule has 0 saturated heterocycles. The van der Waals surface area contributed by atoms with Crippen LogP contribution in [0.4, 0.5) is 0 Å². The van der Waals surface area contributed by atoms with Crippen molar-refractivity contribution in [1.29, 1.82) is 0 Å². The average Bonchev–Trinajstić information content (AvgIpc) is 2.46. The number of aliphatic carboxylic acids is 1. The molecule has 2 N–H and O–H groups in total. The molecule has 0 bridgehead atoms. The molecule has 96 valence electrons. The van der Waals surface area contributed by atoms with Crippen LogP contribution in [0.25, 0.3) is 11.1 Å². The van der Waals surface area contributed by atoms with Crippen molar-refractivity contribution in [1.82, 2.24) is 5.32 Å². The van der Waals surface area contributed by atoms with Crippen molar-refractivity contribution in [3.8, 4) is 11.1 Å². The van der Waals surface area contributed by atoms with Crippen LogP contribution in [0.5, 0.6) is 0 Å². The minimum atomic E-state index is -1.47. The van der Waals surface area contributed by atoms with Gasteiger partial charge in [0.05, 0.1) is 0 Å². The molecule has 0 spiro atoms. The Kier molecular flexibility index (Phi) is 3.93.